The number of nitrogens with one attached hydrogen (secondary N) is 1. The number of rotatable bonds is 8. The maximum absolute atomic E-state index is 13.2. The predicted octanol–water partition coefficient (Wildman–Crippen LogP) is 3.05. The molecule has 1 aliphatic rings. The van der Waals surface area contributed by atoms with Gasteiger partial charge in [-0.2, -0.15) is 0 Å². The van der Waals surface area contributed by atoms with Crippen LogP contribution >= 0.6 is 0 Å². The van der Waals surface area contributed by atoms with Crippen LogP contribution in [-0.4, -0.2) is 49.4 Å². The molecule has 1 aliphatic heterocycles. The fourth-order valence-corrected chi connectivity index (χ4v) is 3.22. The second-order valence-corrected chi connectivity index (χ2v) is 6.90. The third-order valence-electron chi connectivity index (χ3n) is 4.95. The molecule has 2 aromatic rings. The molecule has 0 bridgehead atoms. The molecule has 0 aromatic heterocycles. The topological polar surface area (TPSA) is 61.9 Å². The SMILES string of the molecule is CCN(CC)CCNC(=O)CN1C(=O)/C(=C\c2ccc(F)cc2)Oc2ccccc21. The third-order valence-corrected chi connectivity index (χ3v) is 4.95. The van der Waals surface area contributed by atoms with E-state index in [4.69, 9.17) is 4.74 Å². The predicted molar refractivity (Wildman–Crippen MR) is 115 cm³/mol. The van der Waals surface area contributed by atoms with E-state index in [1.807, 2.05) is 0 Å². The molecule has 1 heterocycles. The van der Waals surface area contributed by atoms with Crippen molar-refractivity contribution in [3.8, 4) is 5.75 Å². The molecule has 2 amide bonds. The first-order valence-corrected chi connectivity index (χ1v) is 10.1. The van der Waals surface area contributed by atoms with E-state index in [1.165, 1.54) is 17.0 Å². The van der Waals surface area contributed by atoms with Gasteiger partial charge in [0.15, 0.2) is 11.5 Å². The lowest BCUT2D eigenvalue weighted by Crippen LogP contribution is -2.45. The van der Waals surface area contributed by atoms with Gasteiger partial charge in [-0.25, -0.2) is 4.39 Å². The van der Waals surface area contributed by atoms with Crippen LogP contribution in [0.2, 0.25) is 0 Å². The quantitative estimate of drug-likeness (QED) is 0.679. The fraction of sp³-hybridized carbons (Fsp3) is 0.304. The number of likely N-dealkylation sites (N-methyl/N-ethyl adjacent to an activating group) is 1. The highest BCUT2D eigenvalue weighted by Crippen LogP contribution is 2.35. The summed E-state index contributed by atoms with van der Waals surface area (Å²) in [6.07, 6.45) is 1.54. The van der Waals surface area contributed by atoms with Gasteiger partial charge in [0.25, 0.3) is 5.91 Å². The standard InChI is InChI=1S/C23H26FN3O3/c1-3-26(4-2)14-13-25-22(28)16-27-19-7-5-6-8-20(19)30-21(23(27)29)15-17-9-11-18(24)12-10-17/h5-12,15H,3-4,13-14,16H2,1-2H3,(H,25,28)/b21-15+. The molecule has 0 fully saturated rings. The Morgan fingerprint density at radius 3 is 2.53 bits per heavy atom. The first-order chi connectivity index (χ1) is 14.5. The van der Waals surface area contributed by atoms with Crippen LogP contribution in [0.3, 0.4) is 0 Å². The Morgan fingerprint density at radius 2 is 1.83 bits per heavy atom. The van der Waals surface area contributed by atoms with Crippen LogP contribution in [0.1, 0.15) is 19.4 Å². The molecule has 0 saturated carbocycles. The first-order valence-electron chi connectivity index (χ1n) is 10.1. The summed E-state index contributed by atoms with van der Waals surface area (Å²) in [6.45, 7) is 7.13. The van der Waals surface area contributed by atoms with Crippen molar-refractivity contribution in [1.82, 2.24) is 10.2 Å². The van der Waals surface area contributed by atoms with Crippen LogP contribution in [-0.2, 0) is 9.59 Å². The largest absolute Gasteiger partial charge is 0.449 e. The number of anilines is 1. The Bertz CT molecular complexity index is 924. The normalized spacial score (nSPS) is 14.6. The Kier molecular flexibility index (Phi) is 7.19. The van der Waals surface area contributed by atoms with E-state index in [-0.39, 0.29) is 24.0 Å². The molecule has 7 heteroatoms. The van der Waals surface area contributed by atoms with Gasteiger partial charge in [0.05, 0.1) is 5.69 Å². The van der Waals surface area contributed by atoms with Crippen molar-refractivity contribution in [3.05, 3.63) is 65.7 Å². The summed E-state index contributed by atoms with van der Waals surface area (Å²) in [7, 11) is 0. The van der Waals surface area contributed by atoms with Crippen molar-refractivity contribution in [2.75, 3.05) is 37.6 Å². The summed E-state index contributed by atoms with van der Waals surface area (Å²) in [4.78, 5) is 29.2. The number of fused-ring (bicyclic) bond motifs is 1. The highest BCUT2D eigenvalue weighted by atomic mass is 19.1. The fourth-order valence-electron chi connectivity index (χ4n) is 3.22. The number of amides is 2. The minimum Gasteiger partial charge on any atom is -0.449 e. The lowest BCUT2D eigenvalue weighted by molar-refractivity contribution is -0.123. The van der Waals surface area contributed by atoms with E-state index in [1.54, 1.807) is 42.5 Å². The molecule has 2 aromatic carbocycles. The minimum atomic E-state index is -0.420. The molecule has 0 unspecified atom stereocenters. The molecular weight excluding hydrogens is 385 g/mol. The summed E-state index contributed by atoms with van der Waals surface area (Å²) in [6, 6.07) is 12.8. The summed E-state index contributed by atoms with van der Waals surface area (Å²) >= 11 is 0. The van der Waals surface area contributed by atoms with Crippen molar-refractivity contribution >= 4 is 23.6 Å². The summed E-state index contributed by atoms with van der Waals surface area (Å²) < 4.78 is 18.9. The lowest BCUT2D eigenvalue weighted by Gasteiger charge is -2.30. The van der Waals surface area contributed by atoms with Crippen LogP contribution in [0, 0.1) is 5.82 Å². The number of para-hydroxylation sites is 2. The third kappa shape index (κ3) is 5.24. The molecule has 0 aliphatic carbocycles. The zero-order valence-electron chi connectivity index (χ0n) is 17.2. The second kappa shape index (κ2) is 10.0. The number of hydrogen-bond donors (Lipinski definition) is 1. The number of nitrogens with zero attached hydrogens (tertiary/aromatic N) is 2. The zero-order valence-corrected chi connectivity index (χ0v) is 17.2. The zero-order chi connectivity index (χ0) is 21.5. The van der Waals surface area contributed by atoms with Gasteiger partial charge < -0.3 is 15.0 Å². The molecule has 158 valence electrons. The number of benzene rings is 2. The Balaban J connectivity index is 1.76. The molecule has 0 saturated heterocycles. The highest BCUT2D eigenvalue weighted by molar-refractivity contribution is 6.12. The van der Waals surface area contributed by atoms with Crippen molar-refractivity contribution in [1.29, 1.82) is 0 Å². The van der Waals surface area contributed by atoms with Crippen LogP contribution in [0.15, 0.2) is 54.3 Å². The number of hydrogen-bond acceptors (Lipinski definition) is 4. The van der Waals surface area contributed by atoms with E-state index in [2.05, 4.69) is 24.1 Å². The molecule has 30 heavy (non-hydrogen) atoms. The average molecular weight is 411 g/mol. The monoisotopic (exact) mass is 411 g/mol. The Morgan fingerprint density at radius 1 is 1.13 bits per heavy atom. The van der Waals surface area contributed by atoms with Crippen LogP contribution < -0.4 is 15.0 Å². The molecule has 0 atom stereocenters. The average Bonchev–Trinajstić information content (AvgIpc) is 2.75. The van der Waals surface area contributed by atoms with E-state index in [9.17, 15) is 14.0 Å². The lowest BCUT2D eigenvalue weighted by atomic mass is 10.1. The van der Waals surface area contributed by atoms with Gasteiger partial charge in [0.1, 0.15) is 12.4 Å². The van der Waals surface area contributed by atoms with Gasteiger partial charge in [-0.05, 0) is 49.0 Å². The molecule has 1 N–H and O–H groups in total. The number of ether oxygens (including phenoxy) is 1. The second-order valence-electron chi connectivity index (χ2n) is 6.90. The van der Waals surface area contributed by atoms with Crippen LogP contribution in [0.5, 0.6) is 5.75 Å². The molecule has 3 rings (SSSR count). The van der Waals surface area contributed by atoms with Gasteiger partial charge in [-0.1, -0.05) is 38.1 Å². The van der Waals surface area contributed by atoms with E-state index >= 15 is 0 Å². The van der Waals surface area contributed by atoms with E-state index in [0.717, 1.165) is 19.6 Å². The van der Waals surface area contributed by atoms with Gasteiger partial charge in [-0.15, -0.1) is 0 Å². The molecule has 0 radical (unpaired) electrons. The number of carbonyl (C=O) groups excluding carboxylic acids is 2. The summed E-state index contributed by atoms with van der Waals surface area (Å²) in [5.41, 5.74) is 1.17. The first kappa shape index (κ1) is 21.5. The van der Waals surface area contributed by atoms with E-state index < -0.39 is 5.91 Å². The maximum Gasteiger partial charge on any atom is 0.294 e. The molecule has 0 spiro atoms. The minimum absolute atomic E-state index is 0.0799. The van der Waals surface area contributed by atoms with Crippen LogP contribution in [0.25, 0.3) is 6.08 Å². The van der Waals surface area contributed by atoms with Crippen molar-refractivity contribution < 1.29 is 18.7 Å². The van der Waals surface area contributed by atoms with Gasteiger partial charge in [0, 0.05) is 13.1 Å². The van der Waals surface area contributed by atoms with Crippen LogP contribution in [0.4, 0.5) is 10.1 Å². The van der Waals surface area contributed by atoms with Crippen molar-refractivity contribution in [2.24, 2.45) is 0 Å². The van der Waals surface area contributed by atoms with Gasteiger partial charge in [0.2, 0.25) is 5.91 Å². The Hall–Kier alpha value is -3.19. The maximum atomic E-state index is 13.2. The number of halogens is 1. The van der Waals surface area contributed by atoms with Gasteiger partial charge in [-0.3, -0.25) is 14.5 Å². The molecular formula is C23H26FN3O3. The smallest absolute Gasteiger partial charge is 0.294 e. The Labute approximate surface area is 175 Å². The summed E-state index contributed by atoms with van der Waals surface area (Å²) in [5.74, 6) is -0.454. The molecule has 6 nitrogen and oxygen atoms in total. The van der Waals surface area contributed by atoms with Crippen molar-refractivity contribution in [3.63, 3.8) is 0 Å². The van der Waals surface area contributed by atoms with E-state index in [0.29, 0.717) is 23.5 Å². The number of carbonyl (C=O) groups is 2. The van der Waals surface area contributed by atoms with Gasteiger partial charge >= 0.3 is 0 Å². The summed E-state index contributed by atoms with van der Waals surface area (Å²) in [5, 5.41) is 2.87. The highest BCUT2D eigenvalue weighted by Gasteiger charge is 2.31. The van der Waals surface area contributed by atoms with Crippen molar-refractivity contribution in [2.45, 2.75) is 13.8 Å².